The van der Waals surface area contributed by atoms with Gasteiger partial charge in [-0.25, -0.2) is 5.01 Å². The first-order valence-electron chi connectivity index (χ1n) is 10.3. The van der Waals surface area contributed by atoms with E-state index in [1.165, 1.54) is 11.8 Å². The van der Waals surface area contributed by atoms with Crippen LogP contribution in [0.25, 0.3) is 5.70 Å². The highest BCUT2D eigenvalue weighted by atomic mass is 79.9. The van der Waals surface area contributed by atoms with E-state index in [2.05, 4.69) is 27.8 Å². The van der Waals surface area contributed by atoms with Crippen LogP contribution in [-0.4, -0.2) is 35.1 Å². The normalized spacial score (nSPS) is 16.9. The number of carbonyl (C=O) groups excluding carboxylic acids is 1. The second-order valence-electron chi connectivity index (χ2n) is 6.87. The number of hydrazone groups is 1. The third-order valence-electron chi connectivity index (χ3n) is 4.77. The summed E-state index contributed by atoms with van der Waals surface area (Å²) in [7, 11) is 0. The summed E-state index contributed by atoms with van der Waals surface area (Å²) >= 11 is 5.08. The second kappa shape index (κ2) is 9.79. The molecule has 2 aromatic rings. The maximum absolute atomic E-state index is 13.1. The van der Waals surface area contributed by atoms with Gasteiger partial charge in [0.25, 0.3) is 5.91 Å². The van der Waals surface area contributed by atoms with E-state index in [4.69, 9.17) is 19.6 Å². The SMILES string of the molecule is C=CCOc1c(Br)cc(C2N=c3ccccc3=C3C(=O)NC(SCC)=NN32)cc1OCC. The second-order valence-corrected chi connectivity index (χ2v) is 8.98. The lowest BCUT2D eigenvalue weighted by molar-refractivity contribution is -0.116. The van der Waals surface area contributed by atoms with E-state index >= 15 is 0 Å². The summed E-state index contributed by atoms with van der Waals surface area (Å²) in [5.41, 5.74) is 1.29. The molecule has 166 valence electrons. The number of benzene rings is 2. The zero-order chi connectivity index (χ0) is 22.7. The molecular weight excluding hydrogens is 492 g/mol. The van der Waals surface area contributed by atoms with E-state index < -0.39 is 6.17 Å². The van der Waals surface area contributed by atoms with Crippen LogP contribution in [0.15, 0.2) is 63.6 Å². The first-order valence-corrected chi connectivity index (χ1v) is 12.0. The van der Waals surface area contributed by atoms with Gasteiger partial charge in [0, 0.05) is 10.8 Å². The minimum Gasteiger partial charge on any atom is -0.490 e. The van der Waals surface area contributed by atoms with Crippen LogP contribution in [0.3, 0.4) is 0 Å². The molecule has 1 unspecified atom stereocenters. The smallest absolute Gasteiger partial charge is 0.276 e. The maximum atomic E-state index is 13.1. The molecule has 1 atom stereocenters. The van der Waals surface area contributed by atoms with Crippen LogP contribution in [0, 0.1) is 0 Å². The van der Waals surface area contributed by atoms with Crippen LogP contribution in [-0.2, 0) is 4.79 Å². The molecule has 0 fully saturated rings. The van der Waals surface area contributed by atoms with Gasteiger partial charge in [-0.15, -0.1) is 5.10 Å². The van der Waals surface area contributed by atoms with Gasteiger partial charge in [0.15, 0.2) is 22.8 Å². The Kier molecular flexibility index (Phi) is 6.86. The number of halogens is 1. The molecule has 0 spiro atoms. The lowest BCUT2D eigenvalue weighted by Gasteiger charge is -2.34. The lowest BCUT2D eigenvalue weighted by atomic mass is 10.1. The topological polar surface area (TPSA) is 75.5 Å². The Morgan fingerprint density at radius 2 is 2.09 bits per heavy atom. The molecule has 0 saturated carbocycles. The third kappa shape index (κ3) is 4.27. The fraction of sp³-hybridized carbons (Fsp3) is 0.261. The van der Waals surface area contributed by atoms with Crippen molar-refractivity contribution in [3.8, 4) is 11.5 Å². The predicted octanol–water partition coefficient (Wildman–Crippen LogP) is 3.31. The van der Waals surface area contributed by atoms with Gasteiger partial charge in [0.2, 0.25) is 0 Å². The molecule has 9 heteroatoms. The highest BCUT2D eigenvalue weighted by Crippen LogP contribution is 2.41. The number of rotatable bonds is 7. The predicted molar refractivity (Wildman–Crippen MR) is 130 cm³/mol. The fourth-order valence-electron chi connectivity index (χ4n) is 3.53. The number of ether oxygens (including phenoxy) is 2. The fourth-order valence-corrected chi connectivity index (χ4v) is 4.69. The lowest BCUT2D eigenvalue weighted by Crippen LogP contribution is -2.50. The molecule has 2 heterocycles. The first-order chi connectivity index (χ1) is 15.6. The van der Waals surface area contributed by atoms with E-state index in [0.29, 0.717) is 35.6 Å². The Morgan fingerprint density at radius 3 is 2.84 bits per heavy atom. The van der Waals surface area contributed by atoms with E-state index in [9.17, 15) is 4.79 Å². The van der Waals surface area contributed by atoms with Gasteiger partial charge in [0.1, 0.15) is 12.3 Å². The Labute approximate surface area is 199 Å². The quantitative estimate of drug-likeness (QED) is 0.573. The molecule has 0 bridgehead atoms. The number of amidine groups is 1. The molecule has 0 aromatic heterocycles. The largest absolute Gasteiger partial charge is 0.490 e. The van der Waals surface area contributed by atoms with Crippen LogP contribution in [0.1, 0.15) is 25.6 Å². The van der Waals surface area contributed by atoms with Crippen LogP contribution < -0.4 is 25.4 Å². The Hall–Kier alpha value is -2.78. The van der Waals surface area contributed by atoms with Gasteiger partial charge in [0.05, 0.1) is 16.4 Å². The molecule has 32 heavy (non-hydrogen) atoms. The number of hydrogen-bond donors (Lipinski definition) is 1. The monoisotopic (exact) mass is 514 g/mol. The van der Waals surface area contributed by atoms with Crippen molar-refractivity contribution in [1.29, 1.82) is 0 Å². The highest BCUT2D eigenvalue weighted by molar-refractivity contribution is 9.10. The van der Waals surface area contributed by atoms with Gasteiger partial charge < -0.3 is 9.47 Å². The maximum Gasteiger partial charge on any atom is 0.276 e. The summed E-state index contributed by atoms with van der Waals surface area (Å²) < 4.78 is 12.4. The van der Waals surface area contributed by atoms with Gasteiger partial charge in [-0.2, -0.15) is 0 Å². The van der Waals surface area contributed by atoms with E-state index in [1.54, 1.807) is 11.1 Å². The minimum atomic E-state index is -0.539. The average molecular weight is 515 g/mol. The molecule has 2 aliphatic heterocycles. The summed E-state index contributed by atoms with van der Waals surface area (Å²) in [6.45, 7) is 8.46. The number of nitrogens with one attached hydrogen (secondary N) is 1. The minimum absolute atomic E-state index is 0.196. The van der Waals surface area contributed by atoms with Crippen molar-refractivity contribution in [2.45, 2.75) is 20.0 Å². The Bertz CT molecular complexity index is 1210. The first kappa shape index (κ1) is 22.4. The summed E-state index contributed by atoms with van der Waals surface area (Å²) in [5.74, 6) is 1.77. The standard InChI is InChI=1S/C23H23BrN4O3S/c1-4-11-31-20-16(24)12-14(13-18(20)30-5-2)21-25-17-10-8-7-9-15(17)19-22(29)26-23(32-6-3)27-28(19)21/h4,7-10,12-13,21H,1,5-6,11H2,2-3H3,(H,26,27,29). The summed E-state index contributed by atoms with van der Waals surface area (Å²) in [5, 5.41) is 11.4. The van der Waals surface area contributed by atoms with E-state index in [-0.39, 0.29) is 5.91 Å². The number of hydrogen-bond acceptors (Lipinski definition) is 7. The number of nitrogens with zero attached hydrogens (tertiary/aromatic N) is 3. The van der Waals surface area contributed by atoms with E-state index in [0.717, 1.165) is 26.4 Å². The number of thioether (sulfide) groups is 1. The van der Waals surface area contributed by atoms with Gasteiger partial charge in [-0.05, 0) is 46.8 Å². The molecule has 2 aliphatic rings. The van der Waals surface area contributed by atoms with Crippen LogP contribution in [0.4, 0.5) is 0 Å². The molecule has 1 N–H and O–H groups in total. The molecule has 4 rings (SSSR count). The van der Waals surface area contributed by atoms with Crippen molar-refractivity contribution in [2.75, 3.05) is 19.0 Å². The van der Waals surface area contributed by atoms with Crippen LogP contribution >= 0.6 is 27.7 Å². The molecule has 1 amide bonds. The molecular formula is C23H23BrN4O3S. The van der Waals surface area contributed by atoms with Crippen molar-refractivity contribution in [3.63, 3.8) is 0 Å². The summed E-state index contributed by atoms with van der Waals surface area (Å²) in [4.78, 5) is 18.0. The van der Waals surface area contributed by atoms with Crippen molar-refractivity contribution in [2.24, 2.45) is 10.1 Å². The highest BCUT2D eigenvalue weighted by Gasteiger charge is 2.35. The van der Waals surface area contributed by atoms with Gasteiger partial charge in [-0.1, -0.05) is 49.5 Å². The van der Waals surface area contributed by atoms with Gasteiger partial charge in [-0.3, -0.25) is 15.1 Å². The zero-order valence-electron chi connectivity index (χ0n) is 17.8. The third-order valence-corrected chi connectivity index (χ3v) is 6.11. The molecule has 0 radical (unpaired) electrons. The zero-order valence-corrected chi connectivity index (χ0v) is 20.2. The molecule has 0 saturated heterocycles. The number of carbonyl (C=O) groups is 1. The van der Waals surface area contributed by atoms with Crippen molar-refractivity contribution in [3.05, 3.63) is 69.7 Å². The molecule has 7 nitrogen and oxygen atoms in total. The number of amides is 1. The summed E-state index contributed by atoms with van der Waals surface area (Å²) in [6, 6.07) is 11.4. The van der Waals surface area contributed by atoms with Crippen molar-refractivity contribution >= 4 is 44.5 Å². The van der Waals surface area contributed by atoms with Crippen LogP contribution in [0.2, 0.25) is 0 Å². The van der Waals surface area contributed by atoms with E-state index in [1.807, 2.05) is 50.2 Å². The summed E-state index contributed by atoms with van der Waals surface area (Å²) in [6.07, 6.45) is 1.14. The Balaban J connectivity index is 1.89. The van der Waals surface area contributed by atoms with Crippen molar-refractivity contribution < 1.29 is 14.3 Å². The average Bonchev–Trinajstić information content (AvgIpc) is 2.78. The Morgan fingerprint density at radius 1 is 1.28 bits per heavy atom. The van der Waals surface area contributed by atoms with Gasteiger partial charge >= 0.3 is 0 Å². The van der Waals surface area contributed by atoms with Crippen molar-refractivity contribution in [1.82, 2.24) is 10.3 Å². The molecule has 0 aliphatic carbocycles. The molecule has 2 aromatic carbocycles. The van der Waals surface area contributed by atoms with Crippen LogP contribution in [0.5, 0.6) is 11.5 Å². The number of para-hydroxylation sites is 1. The number of fused-ring (bicyclic) bond motifs is 2.